The molecule has 0 spiro atoms. The van der Waals surface area contributed by atoms with E-state index in [4.69, 9.17) is 14.0 Å². The van der Waals surface area contributed by atoms with Crippen molar-refractivity contribution in [1.82, 2.24) is 14.9 Å². The lowest BCUT2D eigenvalue weighted by molar-refractivity contribution is 0.0512. The molecule has 0 aliphatic carbocycles. The number of aromatic nitrogens is 3. The molecule has 0 bridgehead atoms. The van der Waals surface area contributed by atoms with Crippen LogP contribution in [-0.2, 0) is 11.3 Å². The van der Waals surface area contributed by atoms with Crippen molar-refractivity contribution in [3.05, 3.63) is 78.2 Å². The molecule has 7 nitrogen and oxygen atoms in total. The van der Waals surface area contributed by atoms with Gasteiger partial charge in [-0.15, -0.1) is 0 Å². The molecule has 0 radical (unpaired) electrons. The molecule has 4 rings (SSSR count). The largest absolute Gasteiger partial charge is 0.497 e. The number of methoxy groups -OCH3 is 1. The summed E-state index contributed by atoms with van der Waals surface area (Å²) in [5.74, 6) is 0.919. The molecule has 0 aliphatic heterocycles. The Hall–Kier alpha value is -3.87. The highest BCUT2D eigenvalue weighted by molar-refractivity contribution is 5.89. The predicted molar refractivity (Wildman–Crippen MR) is 111 cm³/mol. The van der Waals surface area contributed by atoms with E-state index in [9.17, 15) is 4.79 Å². The molecule has 0 saturated heterocycles. The summed E-state index contributed by atoms with van der Waals surface area (Å²) in [5, 5.41) is 8.74. The lowest BCUT2D eigenvalue weighted by Crippen LogP contribution is -2.13. The molecule has 0 fully saturated rings. The van der Waals surface area contributed by atoms with Crippen molar-refractivity contribution in [3.63, 3.8) is 0 Å². The summed E-state index contributed by atoms with van der Waals surface area (Å²) in [6.07, 6.45) is 0. The number of rotatable bonds is 7. The molecule has 0 N–H and O–H groups in total. The highest BCUT2D eigenvalue weighted by atomic mass is 16.5. The minimum atomic E-state index is -0.429. The smallest absolute Gasteiger partial charge is 0.356 e. The first-order chi connectivity index (χ1) is 14.7. The van der Waals surface area contributed by atoms with E-state index in [-0.39, 0.29) is 13.2 Å². The van der Waals surface area contributed by atoms with E-state index in [0.717, 1.165) is 16.9 Å². The number of nitrogens with zero attached hydrogens (tertiary/aromatic N) is 3. The van der Waals surface area contributed by atoms with Crippen LogP contribution >= 0.6 is 0 Å². The van der Waals surface area contributed by atoms with E-state index in [1.165, 1.54) is 0 Å². The Morgan fingerprint density at radius 1 is 1.00 bits per heavy atom. The SMILES string of the molecule is CCOC(=O)c1cc(-c2ccccc2)nn1Cc1cc(-c2ccc(OC)cc2)no1. The van der Waals surface area contributed by atoms with Gasteiger partial charge in [-0.3, -0.25) is 0 Å². The molecule has 4 aromatic rings. The van der Waals surface area contributed by atoms with E-state index in [1.807, 2.05) is 60.7 Å². The maximum Gasteiger partial charge on any atom is 0.356 e. The number of carbonyl (C=O) groups is 1. The van der Waals surface area contributed by atoms with Gasteiger partial charge in [-0.05, 0) is 37.3 Å². The fourth-order valence-electron chi connectivity index (χ4n) is 3.09. The lowest BCUT2D eigenvalue weighted by atomic mass is 10.1. The highest BCUT2D eigenvalue weighted by Gasteiger charge is 2.19. The Bertz CT molecular complexity index is 1130. The Kier molecular flexibility index (Phi) is 5.61. The van der Waals surface area contributed by atoms with Crippen molar-refractivity contribution < 1.29 is 18.8 Å². The fraction of sp³-hybridized carbons (Fsp3) is 0.174. The maximum absolute atomic E-state index is 12.4. The van der Waals surface area contributed by atoms with Crippen LogP contribution in [0.5, 0.6) is 5.75 Å². The van der Waals surface area contributed by atoms with Crippen LogP contribution in [0.2, 0.25) is 0 Å². The monoisotopic (exact) mass is 403 g/mol. The molecule has 30 heavy (non-hydrogen) atoms. The summed E-state index contributed by atoms with van der Waals surface area (Å²) in [4.78, 5) is 12.4. The van der Waals surface area contributed by atoms with Crippen molar-refractivity contribution in [2.24, 2.45) is 0 Å². The number of carbonyl (C=O) groups excluding carboxylic acids is 1. The Labute approximate surface area is 173 Å². The van der Waals surface area contributed by atoms with Crippen LogP contribution in [-0.4, -0.2) is 34.6 Å². The fourth-order valence-corrected chi connectivity index (χ4v) is 3.09. The standard InChI is InChI=1S/C23H21N3O4/c1-3-29-23(27)22-14-20(16-7-5-4-6-8-16)24-26(22)15-19-13-21(25-30-19)17-9-11-18(28-2)12-10-17/h4-14H,3,15H2,1-2H3. The summed E-state index contributed by atoms with van der Waals surface area (Å²) in [6, 6.07) is 20.8. The molecular weight excluding hydrogens is 382 g/mol. The van der Waals surface area contributed by atoms with Gasteiger partial charge in [0.2, 0.25) is 0 Å². The molecule has 0 atom stereocenters. The molecule has 2 aromatic carbocycles. The van der Waals surface area contributed by atoms with Gasteiger partial charge in [-0.1, -0.05) is 35.5 Å². The number of esters is 1. The van der Waals surface area contributed by atoms with Gasteiger partial charge in [0, 0.05) is 17.2 Å². The topological polar surface area (TPSA) is 79.4 Å². The Morgan fingerprint density at radius 3 is 2.43 bits per heavy atom. The second kappa shape index (κ2) is 8.65. The first-order valence-electron chi connectivity index (χ1n) is 9.58. The second-order valence-corrected chi connectivity index (χ2v) is 6.57. The molecule has 0 saturated carbocycles. The van der Waals surface area contributed by atoms with Gasteiger partial charge < -0.3 is 14.0 Å². The van der Waals surface area contributed by atoms with Crippen LogP contribution in [0, 0.1) is 0 Å². The van der Waals surface area contributed by atoms with Crippen LogP contribution in [0.4, 0.5) is 0 Å². The van der Waals surface area contributed by atoms with E-state index >= 15 is 0 Å². The van der Waals surface area contributed by atoms with Gasteiger partial charge in [-0.25, -0.2) is 9.48 Å². The number of hydrogen-bond acceptors (Lipinski definition) is 6. The first kappa shape index (κ1) is 19.4. The second-order valence-electron chi connectivity index (χ2n) is 6.57. The van der Waals surface area contributed by atoms with Crippen molar-refractivity contribution >= 4 is 5.97 Å². The van der Waals surface area contributed by atoms with Crippen molar-refractivity contribution in [1.29, 1.82) is 0 Å². The summed E-state index contributed by atoms with van der Waals surface area (Å²) >= 11 is 0. The molecule has 0 unspecified atom stereocenters. The predicted octanol–water partition coefficient (Wildman–Crippen LogP) is 4.44. The zero-order valence-corrected chi connectivity index (χ0v) is 16.7. The molecule has 2 heterocycles. The zero-order valence-electron chi connectivity index (χ0n) is 16.7. The quantitative estimate of drug-likeness (QED) is 0.425. The molecule has 0 amide bonds. The van der Waals surface area contributed by atoms with Gasteiger partial charge >= 0.3 is 5.97 Å². The summed E-state index contributed by atoms with van der Waals surface area (Å²) in [7, 11) is 1.62. The molecule has 7 heteroatoms. The van der Waals surface area contributed by atoms with Crippen molar-refractivity contribution in [2.75, 3.05) is 13.7 Å². The average Bonchev–Trinajstić information content (AvgIpc) is 3.42. The third kappa shape index (κ3) is 4.10. The van der Waals surface area contributed by atoms with Crippen molar-refractivity contribution in [2.45, 2.75) is 13.5 Å². The Balaban J connectivity index is 1.62. The van der Waals surface area contributed by atoms with Crippen LogP contribution in [0.3, 0.4) is 0 Å². The number of hydrogen-bond donors (Lipinski definition) is 0. The molecule has 2 aromatic heterocycles. The van der Waals surface area contributed by atoms with Gasteiger partial charge in [0.15, 0.2) is 5.76 Å². The highest BCUT2D eigenvalue weighted by Crippen LogP contribution is 2.24. The van der Waals surface area contributed by atoms with Crippen molar-refractivity contribution in [3.8, 4) is 28.3 Å². The Morgan fingerprint density at radius 2 is 1.73 bits per heavy atom. The van der Waals surface area contributed by atoms with Gasteiger partial charge in [0.25, 0.3) is 0 Å². The molecule has 152 valence electrons. The number of ether oxygens (including phenoxy) is 2. The van der Waals surface area contributed by atoms with E-state index < -0.39 is 5.97 Å². The van der Waals surface area contributed by atoms with Gasteiger partial charge in [0.1, 0.15) is 23.7 Å². The average molecular weight is 403 g/mol. The van der Waals surface area contributed by atoms with E-state index in [1.54, 1.807) is 24.8 Å². The summed E-state index contributed by atoms with van der Waals surface area (Å²) in [6.45, 7) is 2.31. The molecule has 0 aliphatic rings. The van der Waals surface area contributed by atoms with Crippen LogP contribution < -0.4 is 4.74 Å². The maximum atomic E-state index is 12.4. The number of benzene rings is 2. The van der Waals surface area contributed by atoms with E-state index in [0.29, 0.717) is 22.8 Å². The summed E-state index contributed by atoms with van der Waals surface area (Å²) in [5.41, 5.74) is 3.56. The van der Waals surface area contributed by atoms with Crippen LogP contribution in [0.15, 0.2) is 71.3 Å². The summed E-state index contributed by atoms with van der Waals surface area (Å²) < 4.78 is 17.5. The third-order valence-corrected chi connectivity index (χ3v) is 4.58. The zero-order chi connectivity index (χ0) is 20.9. The minimum absolute atomic E-state index is 0.254. The lowest BCUT2D eigenvalue weighted by Gasteiger charge is -2.04. The van der Waals surface area contributed by atoms with Crippen LogP contribution in [0.1, 0.15) is 23.2 Å². The van der Waals surface area contributed by atoms with Gasteiger partial charge in [-0.2, -0.15) is 5.10 Å². The first-order valence-corrected chi connectivity index (χ1v) is 9.58. The van der Waals surface area contributed by atoms with Gasteiger partial charge in [0.05, 0.1) is 19.4 Å². The third-order valence-electron chi connectivity index (χ3n) is 4.58. The van der Waals surface area contributed by atoms with Crippen LogP contribution in [0.25, 0.3) is 22.5 Å². The van der Waals surface area contributed by atoms with E-state index in [2.05, 4.69) is 10.3 Å². The minimum Gasteiger partial charge on any atom is -0.497 e. The normalized spacial score (nSPS) is 10.7. The molecular formula is C23H21N3O4.